The third-order valence-electron chi connectivity index (χ3n) is 3.44. The fourth-order valence-electron chi connectivity index (χ4n) is 2.15. The summed E-state index contributed by atoms with van der Waals surface area (Å²) in [7, 11) is 1.85. The maximum Gasteiger partial charge on any atom is 0.270 e. The molecule has 0 saturated heterocycles. The maximum atomic E-state index is 12.5. The van der Waals surface area contributed by atoms with Crippen molar-refractivity contribution in [2.45, 2.75) is 34.2 Å². The first-order valence-corrected chi connectivity index (χ1v) is 7.74. The van der Waals surface area contributed by atoms with Crippen LogP contribution in [0.2, 0.25) is 0 Å². The Hall–Kier alpha value is -1.55. The molecule has 2 heterocycles. The number of thiophene rings is 1. The predicted molar refractivity (Wildman–Crippen MR) is 86.6 cm³/mol. The molecule has 0 spiro atoms. The average molecular weight is 290 g/mol. The van der Waals surface area contributed by atoms with E-state index in [1.807, 2.05) is 20.0 Å². The third kappa shape index (κ3) is 2.80. The zero-order valence-corrected chi connectivity index (χ0v) is 13.7. The van der Waals surface area contributed by atoms with Crippen molar-refractivity contribution < 1.29 is 4.79 Å². The SMILES string of the molecule is CCN(C)C(=O)c1cc2sc(C)cc2n1CC=C(C)C. The Bertz CT molecular complexity index is 659. The van der Waals surface area contributed by atoms with Crippen LogP contribution in [0.1, 0.15) is 36.1 Å². The van der Waals surface area contributed by atoms with Crippen LogP contribution in [-0.4, -0.2) is 29.0 Å². The normalized spacial score (nSPS) is 10.8. The van der Waals surface area contributed by atoms with Crippen molar-refractivity contribution in [2.75, 3.05) is 13.6 Å². The van der Waals surface area contributed by atoms with Gasteiger partial charge in [0.15, 0.2) is 0 Å². The number of carbonyl (C=O) groups is 1. The molecule has 0 aromatic carbocycles. The molecule has 108 valence electrons. The van der Waals surface area contributed by atoms with Gasteiger partial charge in [0.1, 0.15) is 5.69 Å². The lowest BCUT2D eigenvalue weighted by atomic mass is 10.3. The second-order valence-electron chi connectivity index (χ2n) is 5.35. The molecule has 3 nitrogen and oxygen atoms in total. The highest BCUT2D eigenvalue weighted by Crippen LogP contribution is 2.29. The molecule has 0 bridgehead atoms. The van der Waals surface area contributed by atoms with Gasteiger partial charge >= 0.3 is 0 Å². The third-order valence-corrected chi connectivity index (χ3v) is 4.42. The van der Waals surface area contributed by atoms with Crippen LogP contribution in [0.25, 0.3) is 10.2 Å². The predicted octanol–water partition coefficient (Wildman–Crippen LogP) is 4.07. The molecule has 2 aromatic rings. The molecule has 0 atom stereocenters. The summed E-state index contributed by atoms with van der Waals surface area (Å²) in [6.07, 6.45) is 2.16. The van der Waals surface area contributed by atoms with Crippen molar-refractivity contribution in [2.24, 2.45) is 0 Å². The van der Waals surface area contributed by atoms with Crippen molar-refractivity contribution in [3.05, 3.63) is 34.4 Å². The lowest BCUT2D eigenvalue weighted by molar-refractivity contribution is 0.0793. The average Bonchev–Trinajstić information content (AvgIpc) is 2.90. The van der Waals surface area contributed by atoms with E-state index in [9.17, 15) is 4.79 Å². The molecule has 0 radical (unpaired) electrons. The number of aryl methyl sites for hydroxylation is 1. The highest BCUT2D eigenvalue weighted by atomic mass is 32.1. The Morgan fingerprint density at radius 3 is 2.70 bits per heavy atom. The van der Waals surface area contributed by atoms with Crippen molar-refractivity contribution >= 4 is 27.5 Å². The van der Waals surface area contributed by atoms with Crippen LogP contribution in [-0.2, 0) is 6.54 Å². The highest BCUT2D eigenvalue weighted by Gasteiger charge is 2.18. The van der Waals surface area contributed by atoms with Crippen LogP contribution < -0.4 is 0 Å². The van der Waals surface area contributed by atoms with Crippen LogP contribution in [0, 0.1) is 6.92 Å². The number of allylic oxidation sites excluding steroid dienone is 2. The van der Waals surface area contributed by atoms with E-state index in [1.54, 1.807) is 16.2 Å². The number of hydrogen-bond donors (Lipinski definition) is 0. The van der Waals surface area contributed by atoms with Crippen LogP contribution in [0.5, 0.6) is 0 Å². The Labute approximate surface area is 124 Å². The van der Waals surface area contributed by atoms with Gasteiger partial charge in [-0.2, -0.15) is 0 Å². The minimum atomic E-state index is 0.0932. The molecule has 0 unspecified atom stereocenters. The molecule has 20 heavy (non-hydrogen) atoms. The van der Waals surface area contributed by atoms with Gasteiger partial charge in [-0.05, 0) is 39.8 Å². The first-order valence-electron chi connectivity index (χ1n) is 6.92. The summed E-state index contributed by atoms with van der Waals surface area (Å²) in [5, 5.41) is 0. The second kappa shape index (κ2) is 5.83. The van der Waals surface area contributed by atoms with Crippen molar-refractivity contribution in [1.29, 1.82) is 0 Å². The number of rotatable bonds is 4. The van der Waals surface area contributed by atoms with Crippen molar-refractivity contribution in [3.8, 4) is 0 Å². The molecule has 1 amide bonds. The second-order valence-corrected chi connectivity index (χ2v) is 6.64. The molecule has 0 aliphatic carbocycles. The lowest BCUT2D eigenvalue weighted by Gasteiger charge is -2.16. The van der Waals surface area contributed by atoms with Crippen LogP contribution in [0.4, 0.5) is 0 Å². The molecule has 0 saturated carbocycles. The Kier molecular flexibility index (Phi) is 4.33. The molecule has 0 fully saturated rings. The van der Waals surface area contributed by atoms with E-state index in [4.69, 9.17) is 0 Å². The standard InChI is InChI=1S/C16H22N2OS/c1-6-17(5)16(19)14-10-15-13(9-12(4)20-15)18(14)8-7-11(2)3/h7,9-10H,6,8H2,1-5H3. The maximum absolute atomic E-state index is 12.5. The fourth-order valence-corrected chi connectivity index (χ4v) is 3.11. The molecule has 2 aromatic heterocycles. The summed E-state index contributed by atoms with van der Waals surface area (Å²) < 4.78 is 3.32. The Morgan fingerprint density at radius 1 is 1.40 bits per heavy atom. The molecule has 0 N–H and O–H groups in total. The zero-order valence-electron chi connectivity index (χ0n) is 12.9. The van der Waals surface area contributed by atoms with E-state index < -0.39 is 0 Å². The van der Waals surface area contributed by atoms with E-state index in [0.717, 1.165) is 24.3 Å². The van der Waals surface area contributed by atoms with Crippen LogP contribution in [0.3, 0.4) is 0 Å². The smallest absolute Gasteiger partial charge is 0.270 e. The molecule has 4 heteroatoms. The highest BCUT2D eigenvalue weighted by molar-refractivity contribution is 7.19. The monoisotopic (exact) mass is 290 g/mol. The number of carbonyl (C=O) groups excluding carboxylic acids is 1. The summed E-state index contributed by atoms with van der Waals surface area (Å²) >= 11 is 1.75. The molecule has 2 rings (SSSR count). The number of amides is 1. The summed E-state index contributed by atoms with van der Waals surface area (Å²) in [5.74, 6) is 0.0932. The fraction of sp³-hybridized carbons (Fsp3) is 0.438. The summed E-state index contributed by atoms with van der Waals surface area (Å²) in [6, 6.07) is 4.20. The lowest BCUT2D eigenvalue weighted by Crippen LogP contribution is -2.28. The van der Waals surface area contributed by atoms with Crippen molar-refractivity contribution in [1.82, 2.24) is 9.47 Å². The Morgan fingerprint density at radius 2 is 2.10 bits per heavy atom. The quantitative estimate of drug-likeness (QED) is 0.779. The number of nitrogens with zero attached hydrogens (tertiary/aromatic N) is 2. The first kappa shape index (κ1) is 14.9. The molecule has 0 aliphatic rings. The number of aromatic nitrogens is 1. The van der Waals surface area contributed by atoms with E-state index in [1.165, 1.54) is 15.2 Å². The van der Waals surface area contributed by atoms with Gasteiger partial charge < -0.3 is 9.47 Å². The molecular weight excluding hydrogens is 268 g/mol. The largest absolute Gasteiger partial charge is 0.341 e. The Balaban J connectivity index is 2.52. The summed E-state index contributed by atoms with van der Waals surface area (Å²) in [6.45, 7) is 9.74. The summed E-state index contributed by atoms with van der Waals surface area (Å²) in [4.78, 5) is 15.5. The van der Waals surface area contributed by atoms with Gasteiger partial charge in [0.2, 0.25) is 0 Å². The van der Waals surface area contributed by atoms with Crippen LogP contribution >= 0.6 is 11.3 Å². The van der Waals surface area contributed by atoms with E-state index in [0.29, 0.717) is 0 Å². The minimum Gasteiger partial charge on any atom is -0.341 e. The van der Waals surface area contributed by atoms with Gasteiger partial charge in [-0.25, -0.2) is 0 Å². The molecular formula is C16H22N2OS. The van der Waals surface area contributed by atoms with E-state index in [-0.39, 0.29) is 5.91 Å². The van der Waals surface area contributed by atoms with Gasteiger partial charge in [-0.3, -0.25) is 4.79 Å². The van der Waals surface area contributed by atoms with Gasteiger partial charge in [0.05, 0.1) is 10.2 Å². The van der Waals surface area contributed by atoms with Crippen molar-refractivity contribution in [3.63, 3.8) is 0 Å². The molecule has 0 aliphatic heterocycles. The van der Waals surface area contributed by atoms with Gasteiger partial charge in [0.25, 0.3) is 5.91 Å². The number of fused-ring (bicyclic) bond motifs is 1. The first-order chi connectivity index (χ1) is 9.43. The number of hydrogen-bond acceptors (Lipinski definition) is 2. The minimum absolute atomic E-state index is 0.0932. The van der Waals surface area contributed by atoms with E-state index in [2.05, 4.69) is 37.5 Å². The zero-order chi connectivity index (χ0) is 14.9. The van der Waals surface area contributed by atoms with Gasteiger partial charge in [-0.15, -0.1) is 11.3 Å². The topological polar surface area (TPSA) is 25.2 Å². The van der Waals surface area contributed by atoms with Gasteiger partial charge in [-0.1, -0.05) is 11.6 Å². The van der Waals surface area contributed by atoms with Crippen LogP contribution in [0.15, 0.2) is 23.8 Å². The summed E-state index contributed by atoms with van der Waals surface area (Å²) in [5.41, 5.74) is 3.21. The van der Waals surface area contributed by atoms with Gasteiger partial charge in [0, 0.05) is 25.0 Å². The van der Waals surface area contributed by atoms with E-state index >= 15 is 0 Å².